The van der Waals surface area contributed by atoms with Crippen LogP contribution in [-0.4, -0.2) is 27.2 Å². The number of anilines is 1. The molecule has 0 aliphatic rings. The maximum atomic E-state index is 12.2. The van der Waals surface area contributed by atoms with Gasteiger partial charge in [0.15, 0.2) is 0 Å². The Hall–Kier alpha value is -3.41. The quantitative estimate of drug-likeness (QED) is 0.675. The van der Waals surface area contributed by atoms with Gasteiger partial charge in [-0.05, 0) is 42.5 Å². The average molecular weight is 353 g/mol. The average Bonchev–Trinajstić information content (AvgIpc) is 3.08. The Morgan fingerprint density at radius 1 is 0.962 bits per heavy atom. The molecule has 3 aromatic rings. The van der Waals surface area contributed by atoms with Gasteiger partial charge in [-0.15, -0.1) is 0 Å². The van der Waals surface area contributed by atoms with Crippen LogP contribution in [0.1, 0.15) is 5.76 Å². The highest BCUT2D eigenvalue weighted by Gasteiger charge is 2.08. The second-order valence-corrected chi connectivity index (χ2v) is 5.44. The number of nitrogens with one attached hydrogen (secondary N) is 1. The van der Waals surface area contributed by atoms with E-state index in [0.29, 0.717) is 22.9 Å². The Bertz CT molecular complexity index is 958. The van der Waals surface area contributed by atoms with Crippen molar-refractivity contribution in [2.45, 2.75) is 0 Å². The summed E-state index contributed by atoms with van der Waals surface area (Å²) in [5.41, 5.74) is 1.25. The molecule has 1 aromatic heterocycles. The minimum absolute atomic E-state index is 0.311. The summed E-state index contributed by atoms with van der Waals surface area (Å²) in [6.45, 7) is 0. The first kappa shape index (κ1) is 17.4. The largest absolute Gasteiger partial charge is 0.497 e. The van der Waals surface area contributed by atoms with Crippen molar-refractivity contribution in [1.82, 2.24) is 0 Å². The van der Waals surface area contributed by atoms with Gasteiger partial charge in [0, 0.05) is 17.5 Å². The highest BCUT2D eigenvalue weighted by atomic mass is 16.5. The fourth-order valence-corrected chi connectivity index (χ4v) is 2.50. The minimum atomic E-state index is -0.311. The minimum Gasteiger partial charge on any atom is -0.497 e. The van der Waals surface area contributed by atoms with Gasteiger partial charge >= 0.3 is 0 Å². The van der Waals surface area contributed by atoms with Crippen LogP contribution in [0.25, 0.3) is 17.0 Å². The molecular weight excluding hydrogens is 334 g/mol. The number of rotatable bonds is 6. The normalized spacial score (nSPS) is 10.9. The van der Waals surface area contributed by atoms with Gasteiger partial charge in [0.1, 0.15) is 28.6 Å². The first-order valence-corrected chi connectivity index (χ1v) is 7.91. The number of ether oxygens (including phenoxy) is 3. The summed E-state index contributed by atoms with van der Waals surface area (Å²) in [5, 5.41) is 3.67. The molecule has 0 saturated heterocycles. The van der Waals surface area contributed by atoms with E-state index in [2.05, 4.69) is 5.32 Å². The third-order valence-electron chi connectivity index (χ3n) is 3.81. The van der Waals surface area contributed by atoms with E-state index >= 15 is 0 Å². The lowest BCUT2D eigenvalue weighted by Gasteiger charge is -2.10. The molecule has 0 saturated carbocycles. The van der Waals surface area contributed by atoms with Crippen molar-refractivity contribution in [3.63, 3.8) is 0 Å². The summed E-state index contributed by atoms with van der Waals surface area (Å²) in [6.07, 6.45) is 3.00. The van der Waals surface area contributed by atoms with E-state index in [4.69, 9.17) is 18.6 Å². The molecule has 1 N–H and O–H groups in total. The third kappa shape index (κ3) is 3.80. The van der Waals surface area contributed by atoms with Crippen molar-refractivity contribution >= 4 is 28.6 Å². The lowest BCUT2D eigenvalue weighted by atomic mass is 10.2. The number of carbonyl (C=O) groups excluding carboxylic acids is 1. The van der Waals surface area contributed by atoms with Crippen molar-refractivity contribution in [3.8, 4) is 17.2 Å². The molecule has 3 rings (SSSR count). The van der Waals surface area contributed by atoms with E-state index in [1.165, 1.54) is 13.2 Å². The maximum absolute atomic E-state index is 12.2. The van der Waals surface area contributed by atoms with Crippen LogP contribution in [0.5, 0.6) is 17.2 Å². The molecule has 2 aromatic carbocycles. The molecule has 0 fully saturated rings. The lowest BCUT2D eigenvalue weighted by molar-refractivity contribution is -0.111. The van der Waals surface area contributed by atoms with Gasteiger partial charge < -0.3 is 23.9 Å². The van der Waals surface area contributed by atoms with Gasteiger partial charge in [-0.25, -0.2) is 0 Å². The molecule has 26 heavy (non-hydrogen) atoms. The molecule has 0 spiro atoms. The number of methoxy groups -OCH3 is 3. The van der Waals surface area contributed by atoms with Crippen molar-refractivity contribution in [2.24, 2.45) is 0 Å². The maximum Gasteiger partial charge on any atom is 0.248 e. The van der Waals surface area contributed by atoms with Crippen LogP contribution >= 0.6 is 0 Å². The predicted octanol–water partition coefficient (Wildman–Crippen LogP) is 4.11. The van der Waals surface area contributed by atoms with Gasteiger partial charge in [0.2, 0.25) is 5.91 Å². The molecule has 0 aliphatic heterocycles. The van der Waals surface area contributed by atoms with Crippen molar-refractivity contribution in [3.05, 3.63) is 54.3 Å². The Morgan fingerprint density at radius 3 is 2.42 bits per heavy atom. The van der Waals surface area contributed by atoms with Crippen LogP contribution in [0.15, 0.2) is 53.0 Å². The molecule has 6 heteroatoms. The van der Waals surface area contributed by atoms with Crippen LogP contribution in [0.2, 0.25) is 0 Å². The molecule has 0 aliphatic carbocycles. The summed E-state index contributed by atoms with van der Waals surface area (Å²) in [4.78, 5) is 12.2. The zero-order valence-electron chi connectivity index (χ0n) is 14.7. The Labute approximate surface area is 151 Å². The zero-order chi connectivity index (χ0) is 18.5. The molecule has 1 heterocycles. The van der Waals surface area contributed by atoms with E-state index in [0.717, 1.165) is 16.7 Å². The fourth-order valence-electron chi connectivity index (χ4n) is 2.50. The fraction of sp³-hybridized carbons (Fsp3) is 0.150. The molecule has 6 nitrogen and oxygen atoms in total. The summed E-state index contributed by atoms with van der Waals surface area (Å²) in [6, 6.07) is 12.5. The molecule has 0 unspecified atom stereocenters. The van der Waals surface area contributed by atoms with Gasteiger partial charge in [-0.1, -0.05) is 0 Å². The van der Waals surface area contributed by atoms with E-state index in [9.17, 15) is 4.79 Å². The first-order chi connectivity index (χ1) is 12.6. The van der Waals surface area contributed by atoms with Crippen molar-refractivity contribution in [2.75, 3.05) is 26.6 Å². The topological polar surface area (TPSA) is 69.9 Å². The zero-order valence-corrected chi connectivity index (χ0v) is 14.7. The summed E-state index contributed by atoms with van der Waals surface area (Å²) in [7, 11) is 4.71. The molecule has 0 radical (unpaired) electrons. The SMILES string of the molecule is COc1ccc(OC)c(NC(=O)/C=C/c2cc3cc(OC)ccc3o2)c1. The van der Waals surface area contributed by atoms with Crippen molar-refractivity contribution < 1.29 is 23.4 Å². The predicted molar refractivity (Wildman–Crippen MR) is 100.0 cm³/mol. The van der Waals surface area contributed by atoms with Gasteiger partial charge in [0.25, 0.3) is 0 Å². The molecule has 1 amide bonds. The third-order valence-corrected chi connectivity index (χ3v) is 3.81. The van der Waals surface area contributed by atoms with E-state index < -0.39 is 0 Å². The second-order valence-electron chi connectivity index (χ2n) is 5.44. The molecule has 134 valence electrons. The summed E-state index contributed by atoms with van der Waals surface area (Å²) in [5.74, 6) is 2.17. The number of hydrogen-bond acceptors (Lipinski definition) is 5. The number of hydrogen-bond donors (Lipinski definition) is 1. The Kier molecular flexibility index (Phi) is 5.12. The second kappa shape index (κ2) is 7.65. The highest BCUT2D eigenvalue weighted by Crippen LogP contribution is 2.29. The molecule has 0 atom stereocenters. The van der Waals surface area contributed by atoms with Crippen LogP contribution in [0.3, 0.4) is 0 Å². The van der Waals surface area contributed by atoms with E-state index in [-0.39, 0.29) is 5.91 Å². The van der Waals surface area contributed by atoms with Crippen LogP contribution < -0.4 is 19.5 Å². The first-order valence-electron chi connectivity index (χ1n) is 7.91. The van der Waals surface area contributed by atoms with Gasteiger partial charge in [-0.2, -0.15) is 0 Å². The van der Waals surface area contributed by atoms with E-state index in [1.807, 2.05) is 24.3 Å². The Balaban J connectivity index is 1.75. The smallest absolute Gasteiger partial charge is 0.248 e. The van der Waals surface area contributed by atoms with E-state index in [1.54, 1.807) is 38.5 Å². The monoisotopic (exact) mass is 353 g/mol. The summed E-state index contributed by atoms with van der Waals surface area (Å²) >= 11 is 0. The van der Waals surface area contributed by atoms with Crippen molar-refractivity contribution in [1.29, 1.82) is 0 Å². The molecule has 0 bridgehead atoms. The lowest BCUT2D eigenvalue weighted by Crippen LogP contribution is -2.09. The number of amides is 1. The highest BCUT2D eigenvalue weighted by molar-refractivity contribution is 6.03. The number of fused-ring (bicyclic) bond motifs is 1. The van der Waals surface area contributed by atoms with Gasteiger partial charge in [0.05, 0.1) is 27.0 Å². The van der Waals surface area contributed by atoms with Gasteiger partial charge in [-0.3, -0.25) is 4.79 Å². The standard InChI is InChI=1S/C20H19NO5/c1-23-14-4-7-18-13(10-14)11-16(26-18)6-9-20(22)21-17-12-15(24-2)5-8-19(17)25-3/h4-12H,1-3H3,(H,21,22)/b9-6+. The van der Waals surface area contributed by atoms with Crippen LogP contribution in [0, 0.1) is 0 Å². The molecular formula is C20H19NO5. The number of carbonyl (C=O) groups is 1. The number of furan rings is 1. The van der Waals surface area contributed by atoms with Crippen LogP contribution in [0.4, 0.5) is 5.69 Å². The van der Waals surface area contributed by atoms with Crippen LogP contribution in [-0.2, 0) is 4.79 Å². The number of benzene rings is 2. The summed E-state index contributed by atoms with van der Waals surface area (Å²) < 4.78 is 21.3. The Morgan fingerprint density at radius 2 is 1.69 bits per heavy atom.